The van der Waals surface area contributed by atoms with Gasteiger partial charge >= 0.3 is 6.18 Å². The molecule has 21 heavy (non-hydrogen) atoms. The highest BCUT2D eigenvalue weighted by Gasteiger charge is 2.48. The summed E-state index contributed by atoms with van der Waals surface area (Å²) in [6.45, 7) is 5.91. The molecule has 2 rings (SSSR count). The van der Waals surface area contributed by atoms with E-state index in [4.69, 9.17) is 0 Å². The summed E-state index contributed by atoms with van der Waals surface area (Å²) in [6, 6.07) is 0. The maximum Gasteiger partial charge on any atom is 0.392 e. The highest BCUT2D eigenvalue weighted by molar-refractivity contribution is 9.08. The first-order chi connectivity index (χ1) is 9.66. The van der Waals surface area contributed by atoms with Crippen molar-refractivity contribution in [2.24, 2.45) is 5.92 Å². The van der Waals surface area contributed by atoms with Gasteiger partial charge in [-0.2, -0.15) is 13.2 Å². The van der Waals surface area contributed by atoms with Gasteiger partial charge in [0.1, 0.15) is 11.6 Å². The van der Waals surface area contributed by atoms with E-state index in [1.807, 2.05) is 25.3 Å². The smallest absolute Gasteiger partial charge is 0.309 e. The van der Waals surface area contributed by atoms with Crippen LogP contribution in [0.25, 0.3) is 0 Å². The molecule has 0 saturated heterocycles. The molecule has 1 saturated carbocycles. The van der Waals surface area contributed by atoms with Crippen LogP contribution in [0.5, 0.6) is 0 Å². The third-order valence-electron chi connectivity index (χ3n) is 4.06. The molecule has 1 heterocycles. The Morgan fingerprint density at radius 2 is 1.76 bits per heavy atom. The summed E-state index contributed by atoms with van der Waals surface area (Å²) >= 11 is 3.35. The van der Waals surface area contributed by atoms with E-state index in [0.717, 1.165) is 6.42 Å². The van der Waals surface area contributed by atoms with Crippen molar-refractivity contribution in [3.63, 3.8) is 0 Å². The Labute approximate surface area is 131 Å². The van der Waals surface area contributed by atoms with E-state index in [1.165, 1.54) is 0 Å². The standard InChI is InChI=1S/C14H21BrF3N3/c1-13(2,3)21-11(8-15)19-20-12(21)9-6-4-5-7-10(9)14(16,17)18/h9-10H,4-8H2,1-3H3. The van der Waals surface area contributed by atoms with Crippen molar-refractivity contribution in [2.75, 3.05) is 0 Å². The molecular formula is C14H21BrF3N3. The van der Waals surface area contributed by atoms with Gasteiger partial charge < -0.3 is 4.57 Å². The fourth-order valence-corrected chi connectivity index (χ4v) is 3.58. The molecule has 1 fully saturated rings. The summed E-state index contributed by atoms with van der Waals surface area (Å²) in [6.07, 6.45) is -2.00. The Balaban J connectivity index is 2.47. The topological polar surface area (TPSA) is 30.7 Å². The third kappa shape index (κ3) is 3.43. The van der Waals surface area contributed by atoms with Crippen LogP contribution in [0.15, 0.2) is 0 Å². The lowest BCUT2D eigenvalue weighted by molar-refractivity contribution is -0.188. The average Bonchev–Trinajstić information content (AvgIpc) is 2.81. The molecule has 120 valence electrons. The van der Waals surface area contributed by atoms with Gasteiger partial charge in [-0.1, -0.05) is 28.8 Å². The van der Waals surface area contributed by atoms with Crippen LogP contribution >= 0.6 is 15.9 Å². The number of hydrogen-bond acceptors (Lipinski definition) is 2. The van der Waals surface area contributed by atoms with Crippen LogP contribution in [0.1, 0.15) is 64.0 Å². The van der Waals surface area contributed by atoms with Gasteiger partial charge in [-0.05, 0) is 33.6 Å². The molecule has 2 atom stereocenters. The maximum absolute atomic E-state index is 13.3. The van der Waals surface area contributed by atoms with E-state index in [-0.39, 0.29) is 12.0 Å². The van der Waals surface area contributed by atoms with Gasteiger partial charge in [-0.25, -0.2) is 0 Å². The van der Waals surface area contributed by atoms with Gasteiger partial charge in [0.15, 0.2) is 0 Å². The van der Waals surface area contributed by atoms with Gasteiger partial charge in [0, 0.05) is 11.5 Å². The Bertz CT molecular complexity index is 491. The fourth-order valence-electron chi connectivity index (χ4n) is 3.22. The maximum atomic E-state index is 13.3. The van der Waals surface area contributed by atoms with Crippen molar-refractivity contribution < 1.29 is 13.2 Å². The number of hydrogen-bond donors (Lipinski definition) is 0. The lowest BCUT2D eigenvalue weighted by Crippen LogP contribution is -2.35. The first-order valence-corrected chi connectivity index (χ1v) is 8.35. The molecular weight excluding hydrogens is 347 g/mol. The summed E-state index contributed by atoms with van der Waals surface area (Å²) in [5.41, 5.74) is -0.338. The molecule has 0 N–H and O–H groups in total. The molecule has 1 aromatic heterocycles. The van der Waals surface area contributed by atoms with Crippen molar-refractivity contribution in [2.45, 2.75) is 69.4 Å². The average molecular weight is 368 g/mol. The molecule has 0 spiro atoms. The van der Waals surface area contributed by atoms with E-state index in [2.05, 4.69) is 26.1 Å². The Morgan fingerprint density at radius 3 is 2.29 bits per heavy atom. The van der Waals surface area contributed by atoms with Gasteiger partial charge in [-0.3, -0.25) is 0 Å². The highest BCUT2D eigenvalue weighted by atomic mass is 79.9. The number of rotatable bonds is 2. The van der Waals surface area contributed by atoms with Crippen molar-refractivity contribution >= 4 is 15.9 Å². The number of aromatic nitrogens is 3. The number of nitrogens with zero attached hydrogens (tertiary/aromatic N) is 3. The molecule has 1 aliphatic rings. The van der Waals surface area contributed by atoms with E-state index >= 15 is 0 Å². The van der Waals surface area contributed by atoms with E-state index in [1.54, 1.807) is 0 Å². The summed E-state index contributed by atoms with van der Waals surface area (Å²) in [7, 11) is 0. The summed E-state index contributed by atoms with van der Waals surface area (Å²) in [5.74, 6) is -0.721. The normalized spacial score (nSPS) is 24.3. The van der Waals surface area contributed by atoms with Crippen LogP contribution in [0, 0.1) is 5.92 Å². The SMILES string of the molecule is CC(C)(C)n1c(CBr)nnc1C1CCCCC1C(F)(F)F. The van der Waals surface area contributed by atoms with Crippen molar-refractivity contribution in [1.82, 2.24) is 14.8 Å². The highest BCUT2D eigenvalue weighted by Crippen LogP contribution is 2.46. The van der Waals surface area contributed by atoms with E-state index in [9.17, 15) is 13.2 Å². The fraction of sp³-hybridized carbons (Fsp3) is 0.857. The van der Waals surface area contributed by atoms with Gasteiger partial charge in [-0.15, -0.1) is 10.2 Å². The second kappa shape index (κ2) is 5.89. The lowest BCUT2D eigenvalue weighted by atomic mass is 9.78. The Morgan fingerprint density at radius 1 is 1.14 bits per heavy atom. The third-order valence-corrected chi connectivity index (χ3v) is 4.57. The number of halogens is 4. The molecule has 7 heteroatoms. The minimum Gasteiger partial charge on any atom is -0.309 e. The van der Waals surface area contributed by atoms with Crippen LogP contribution < -0.4 is 0 Å². The zero-order chi connectivity index (χ0) is 15.8. The van der Waals surface area contributed by atoms with Gasteiger partial charge in [0.05, 0.1) is 11.2 Å². The molecule has 0 aromatic carbocycles. The van der Waals surface area contributed by atoms with Crippen molar-refractivity contribution in [3.8, 4) is 0 Å². The van der Waals surface area contributed by atoms with E-state index in [0.29, 0.717) is 29.8 Å². The first-order valence-electron chi connectivity index (χ1n) is 7.23. The minimum absolute atomic E-state index is 0.189. The Hall–Kier alpha value is -0.590. The first kappa shape index (κ1) is 16.8. The van der Waals surface area contributed by atoms with Crippen LogP contribution in [-0.4, -0.2) is 20.9 Å². The molecule has 0 amide bonds. The van der Waals surface area contributed by atoms with Crippen LogP contribution in [0.4, 0.5) is 13.2 Å². The molecule has 3 nitrogen and oxygen atoms in total. The number of alkyl halides is 4. The molecule has 2 unspecified atom stereocenters. The lowest BCUT2D eigenvalue weighted by Gasteiger charge is -2.35. The van der Waals surface area contributed by atoms with Crippen molar-refractivity contribution in [1.29, 1.82) is 0 Å². The molecule has 0 bridgehead atoms. The second-order valence-corrected chi connectivity index (χ2v) is 7.21. The summed E-state index contributed by atoms with van der Waals surface area (Å²) in [4.78, 5) is 0. The van der Waals surface area contributed by atoms with Gasteiger partial charge in [0.25, 0.3) is 0 Å². The van der Waals surface area contributed by atoms with E-state index < -0.39 is 18.0 Å². The minimum atomic E-state index is -4.17. The second-order valence-electron chi connectivity index (χ2n) is 6.65. The monoisotopic (exact) mass is 367 g/mol. The van der Waals surface area contributed by atoms with Crippen LogP contribution in [-0.2, 0) is 10.9 Å². The molecule has 1 aromatic rings. The van der Waals surface area contributed by atoms with Crippen LogP contribution in [0.2, 0.25) is 0 Å². The molecule has 0 aliphatic heterocycles. The molecule has 0 radical (unpaired) electrons. The summed E-state index contributed by atoms with van der Waals surface area (Å²) < 4.78 is 41.9. The quantitative estimate of drug-likeness (QED) is 0.705. The largest absolute Gasteiger partial charge is 0.392 e. The zero-order valence-corrected chi connectivity index (χ0v) is 14.1. The van der Waals surface area contributed by atoms with Gasteiger partial charge in [0.2, 0.25) is 0 Å². The van der Waals surface area contributed by atoms with Crippen molar-refractivity contribution in [3.05, 3.63) is 11.6 Å². The molecule has 1 aliphatic carbocycles. The predicted octanol–water partition coefficient (Wildman–Crippen LogP) is 4.76. The zero-order valence-electron chi connectivity index (χ0n) is 12.5. The Kier molecular flexibility index (Phi) is 4.71. The summed E-state index contributed by atoms with van der Waals surface area (Å²) in [5, 5.41) is 8.70. The predicted molar refractivity (Wildman–Crippen MR) is 78.4 cm³/mol. The van der Waals surface area contributed by atoms with Crippen LogP contribution in [0.3, 0.4) is 0 Å².